The van der Waals surface area contributed by atoms with Crippen LogP contribution in [-0.4, -0.2) is 59.0 Å². The van der Waals surface area contributed by atoms with E-state index in [0.717, 1.165) is 5.57 Å². The Kier molecular flexibility index (Phi) is 8.95. The Morgan fingerprint density at radius 2 is 1.84 bits per heavy atom. The highest BCUT2D eigenvalue weighted by Crippen LogP contribution is 2.67. The van der Waals surface area contributed by atoms with Gasteiger partial charge in [0.2, 0.25) is 12.6 Å². The van der Waals surface area contributed by atoms with Crippen LogP contribution < -0.4 is 0 Å². The quantitative estimate of drug-likeness (QED) is 0.197. The highest BCUT2D eigenvalue weighted by molar-refractivity contribution is 5.72. The normalized spacial score (nSPS) is 38.6. The van der Waals surface area contributed by atoms with Crippen LogP contribution in [0.5, 0.6) is 0 Å². The number of carbonyl (C=O) groups is 3. The molecule has 3 rings (SSSR count). The smallest absolute Gasteiger partial charge is 0.309 e. The zero-order chi connectivity index (χ0) is 28.6. The van der Waals surface area contributed by atoms with Crippen molar-refractivity contribution in [2.75, 3.05) is 0 Å². The van der Waals surface area contributed by atoms with E-state index in [-0.39, 0.29) is 18.3 Å². The Morgan fingerprint density at radius 1 is 1.21 bits per heavy atom. The molecule has 2 N–H and O–H groups in total. The number of carbonyl (C=O) groups excluding carboxylic acids is 3. The number of aliphatic hydroxyl groups is 2. The van der Waals surface area contributed by atoms with Crippen LogP contribution in [0.15, 0.2) is 36.5 Å². The maximum atomic E-state index is 12.8. The molecule has 0 radical (unpaired) electrons. The molecule has 1 spiro atoms. The first kappa shape index (κ1) is 30.1. The van der Waals surface area contributed by atoms with Gasteiger partial charge in [-0.25, -0.2) is 0 Å². The second-order valence-corrected chi connectivity index (χ2v) is 11.2. The summed E-state index contributed by atoms with van der Waals surface area (Å²) >= 11 is 0. The standard InChI is InChI=1S/C29H42O9/c1-9-15(3)11-12-28(8)17(5)23(32)24(33)29-21(26(35-18(6)30)38-27(29)36-19(7)31)13-20(14-22(28)29)37-25(34)16(4)10-2/h9,13,16-17,20,22-24,26-27,32-33H,1,3,10-12,14H2,2,4-8H3/t16-,17+,20+,22-,23-,24-,26-,27+,28+,29+/m1/s1. The average molecular weight is 535 g/mol. The Labute approximate surface area is 224 Å². The molecule has 0 amide bonds. The average Bonchev–Trinajstić information content (AvgIpc) is 3.15. The Morgan fingerprint density at radius 3 is 2.39 bits per heavy atom. The molecular formula is C29H42O9. The molecule has 212 valence electrons. The molecule has 0 aromatic heterocycles. The van der Waals surface area contributed by atoms with Crippen LogP contribution in [0, 0.1) is 28.6 Å². The van der Waals surface area contributed by atoms with E-state index in [4.69, 9.17) is 18.9 Å². The molecular weight excluding hydrogens is 492 g/mol. The van der Waals surface area contributed by atoms with Crippen molar-refractivity contribution in [1.29, 1.82) is 0 Å². The van der Waals surface area contributed by atoms with Crippen LogP contribution in [-0.2, 0) is 33.3 Å². The molecule has 1 heterocycles. The molecule has 0 aromatic rings. The van der Waals surface area contributed by atoms with Crippen molar-refractivity contribution in [3.63, 3.8) is 0 Å². The van der Waals surface area contributed by atoms with Gasteiger partial charge in [-0.3, -0.25) is 19.1 Å². The number of esters is 3. The lowest BCUT2D eigenvalue weighted by Gasteiger charge is -2.62. The number of hydrogen-bond donors (Lipinski definition) is 2. The summed E-state index contributed by atoms with van der Waals surface area (Å²) in [5.41, 5.74) is -0.972. The van der Waals surface area contributed by atoms with Crippen molar-refractivity contribution in [3.8, 4) is 0 Å². The lowest BCUT2D eigenvalue weighted by Crippen LogP contribution is -2.68. The van der Waals surface area contributed by atoms with E-state index in [1.54, 1.807) is 19.1 Å². The van der Waals surface area contributed by atoms with Gasteiger partial charge < -0.3 is 24.4 Å². The highest BCUT2D eigenvalue weighted by Gasteiger charge is 2.73. The first-order valence-corrected chi connectivity index (χ1v) is 13.3. The van der Waals surface area contributed by atoms with Crippen molar-refractivity contribution < 1.29 is 43.5 Å². The van der Waals surface area contributed by atoms with Gasteiger partial charge in [0.25, 0.3) is 0 Å². The van der Waals surface area contributed by atoms with Crippen LogP contribution in [0.1, 0.15) is 67.2 Å². The van der Waals surface area contributed by atoms with Crippen LogP contribution >= 0.6 is 0 Å². The largest absolute Gasteiger partial charge is 0.458 e. The molecule has 1 aliphatic heterocycles. The molecule has 0 bridgehead atoms. The first-order valence-electron chi connectivity index (χ1n) is 13.3. The van der Waals surface area contributed by atoms with Gasteiger partial charge in [-0.05, 0) is 49.0 Å². The molecule has 1 saturated carbocycles. The van der Waals surface area contributed by atoms with Gasteiger partial charge in [0.1, 0.15) is 6.10 Å². The summed E-state index contributed by atoms with van der Waals surface area (Å²) in [5, 5.41) is 23.2. The number of hydrogen-bond acceptors (Lipinski definition) is 9. The van der Waals surface area contributed by atoms with E-state index in [1.807, 2.05) is 20.8 Å². The maximum Gasteiger partial charge on any atom is 0.309 e. The van der Waals surface area contributed by atoms with E-state index in [1.165, 1.54) is 13.8 Å². The monoisotopic (exact) mass is 534 g/mol. The fourth-order valence-corrected chi connectivity index (χ4v) is 6.48. The van der Waals surface area contributed by atoms with Crippen LogP contribution in [0.25, 0.3) is 0 Å². The van der Waals surface area contributed by atoms with Crippen molar-refractivity contribution in [1.82, 2.24) is 0 Å². The Balaban J connectivity index is 2.24. The molecule has 9 heteroatoms. The molecule has 10 atom stereocenters. The number of allylic oxidation sites excluding steroid dienone is 2. The minimum absolute atomic E-state index is 0.283. The zero-order valence-electron chi connectivity index (χ0n) is 23.3. The number of rotatable bonds is 9. The molecule has 0 unspecified atom stereocenters. The van der Waals surface area contributed by atoms with Gasteiger partial charge in [-0.2, -0.15) is 0 Å². The second-order valence-electron chi connectivity index (χ2n) is 11.2. The Bertz CT molecular complexity index is 1000. The van der Waals surface area contributed by atoms with E-state index >= 15 is 0 Å². The van der Waals surface area contributed by atoms with Crippen molar-refractivity contribution in [2.24, 2.45) is 28.6 Å². The summed E-state index contributed by atoms with van der Waals surface area (Å²) in [5.74, 6) is -2.89. The van der Waals surface area contributed by atoms with Gasteiger partial charge in [-0.15, -0.1) is 0 Å². The molecule has 3 aliphatic rings. The molecule has 9 nitrogen and oxygen atoms in total. The van der Waals surface area contributed by atoms with E-state index in [9.17, 15) is 24.6 Å². The summed E-state index contributed by atoms with van der Waals surface area (Å²) < 4.78 is 23.0. The van der Waals surface area contributed by atoms with Gasteiger partial charge >= 0.3 is 17.9 Å². The molecule has 2 aliphatic carbocycles. The van der Waals surface area contributed by atoms with Gasteiger partial charge in [-0.1, -0.05) is 52.5 Å². The van der Waals surface area contributed by atoms with Crippen LogP contribution in [0.2, 0.25) is 0 Å². The molecule has 38 heavy (non-hydrogen) atoms. The van der Waals surface area contributed by atoms with Crippen molar-refractivity contribution in [2.45, 2.75) is 98.1 Å². The van der Waals surface area contributed by atoms with Crippen molar-refractivity contribution in [3.05, 3.63) is 36.5 Å². The topological polar surface area (TPSA) is 129 Å². The lowest BCUT2D eigenvalue weighted by molar-refractivity contribution is -0.274. The Hall–Kier alpha value is -2.49. The van der Waals surface area contributed by atoms with Gasteiger partial charge in [0.05, 0.1) is 23.5 Å². The van der Waals surface area contributed by atoms with Crippen LogP contribution in [0.3, 0.4) is 0 Å². The van der Waals surface area contributed by atoms with Gasteiger partial charge in [0.15, 0.2) is 0 Å². The second kappa shape index (κ2) is 11.3. The van der Waals surface area contributed by atoms with Crippen LogP contribution in [0.4, 0.5) is 0 Å². The molecule has 1 saturated heterocycles. The third kappa shape index (κ3) is 5.08. The summed E-state index contributed by atoms with van der Waals surface area (Å²) in [6, 6.07) is 0. The summed E-state index contributed by atoms with van der Waals surface area (Å²) in [6.07, 6.45) is -0.661. The lowest BCUT2D eigenvalue weighted by atomic mass is 9.44. The highest BCUT2D eigenvalue weighted by atomic mass is 16.8. The number of aliphatic hydroxyl groups excluding tert-OH is 2. The third-order valence-electron chi connectivity index (χ3n) is 9.06. The third-order valence-corrected chi connectivity index (χ3v) is 9.06. The van der Waals surface area contributed by atoms with E-state index < -0.39 is 65.5 Å². The van der Waals surface area contributed by atoms with E-state index in [0.29, 0.717) is 24.8 Å². The minimum Gasteiger partial charge on any atom is -0.458 e. The zero-order valence-corrected chi connectivity index (χ0v) is 23.3. The SMILES string of the molecule is C=CC(=C)CC[C@]1(C)[C@H]2C[C@@H](OC(=O)[C@H](C)CC)C=C3[C@H](OC(C)=O)O[C@H](OC(C)=O)[C@@]32[C@H](O)[C@H](O)[C@@H]1C. The van der Waals surface area contributed by atoms with Crippen molar-refractivity contribution >= 4 is 17.9 Å². The number of ether oxygens (including phenoxy) is 4. The first-order chi connectivity index (χ1) is 17.7. The minimum atomic E-state index is -1.44. The molecule has 2 fully saturated rings. The molecule has 0 aromatic carbocycles. The fraction of sp³-hybridized carbons (Fsp3) is 0.690. The maximum absolute atomic E-state index is 12.8. The summed E-state index contributed by atoms with van der Waals surface area (Å²) in [4.78, 5) is 37.0. The van der Waals surface area contributed by atoms with Gasteiger partial charge in [0, 0.05) is 19.4 Å². The fourth-order valence-electron chi connectivity index (χ4n) is 6.48. The summed E-state index contributed by atoms with van der Waals surface area (Å²) in [7, 11) is 0. The predicted molar refractivity (Wildman–Crippen MR) is 138 cm³/mol. The van der Waals surface area contributed by atoms with E-state index in [2.05, 4.69) is 13.2 Å². The predicted octanol–water partition coefficient (Wildman–Crippen LogP) is 3.59. The summed E-state index contributed by atoms with van der Waals surface area (Å²) in [6.45, 7) is 17.8.